The highest BCUT2D eigenvalue weighted by Crippen LogP contribution is 2.43. The van der Waals surface area contributed by atoms with Gasteiger partial charge in [0.1, 0.15) is 6.61 Å². The third-order valence-corrected chi connectivity index (χ3v) is 4.41. The van der Waals surface area contributed by atoms with Crippen molar-refractivity contribution in [1.82, 2.24) is 0 Å². The van der Waals surface area contributed by atoms with Crippen molar-refractivity contribution in [3.8, 4) is 0 Å². The number of hydrogen-bond donors (Lipinski definition) is 1. The first-order valence-corrected chi connectivity index (χ1v) is 7.37. The molecule has 2 rings (SSSR count). The maximum Gasteiger partial charge on any atom is 0.411 e. The van der Waals surface area contributed by atoms with E-state index in [0.29, 0.717) is 6.61 Å². The van der Waals surface area contributed by atoms with Crippen LogP contribution in [0.5, 0.6) is 0 Å². The van der Waals surface area contributed by atoms with Gasteiger partial charge < -0.3 is 14.6 Å². The molecule has 0 aromatic heterocycles. The summed E-state index contributed by atoms with van der Waals surface area (Å²) in [5.74, 6) is 0.122. The standard InChI is InChI=1S/C14H23F3O3/c15-14(16,17)10-19-7-4-12(18)11-3-8-20-13(9-11)5-1-2-6-13/h11-12,18H,1-10H2. The maximum absolute atomic E-state index is 11.9. The molecule has 0 aromatic rings. The number of hydrogen-bond acceptors (Lipinski definition) is 3. The third-order valence-electron chi connectivity index (χ3n) is 4.41. The Morgan fingerprint density at radius 2 is 2.00 bits per heavy atom. The number of aliphatic hydroxyl groups is 1. The van der Waals surface area contributed by atoms with E-state index in [9.17, 15) is 18.3 Å². The number of aliphatic hydroxyl groups excluding tert-OH is 1. The molecule has 0 radical (unpaired) electrons. The predicted octanol–water partition coefficient (Wildman–Crippen LogP) is 3.06. The molecule has 2 aliphatic rings. The van der Waals surface area contributed by atoms with Crippen LogP contribution in [0.25, 0.3) is 0 Å². The van der Waals surface area contributed by atoms with E-state index in [2.05, 4.69) is 4.74 Å². The number of ether oxygens (including phenoxy) is 2. The zero-order valence-corrected chi connectivity index (χ0v) is 11.6. The second-order valence-electron chi connectivity index (χ2n) is 6.02. The maximum atomic E-state index is 11.9. The van der Waals surface area contributed by atoms with Gasteiger partial charge in [0, 0.05) is 13.2 Å². The monoisotopic (exact) mass is 296 g/mol. The molecule has 1 spiro atoms. The summed E-state index contributed by atoms with van der Waals surface area (Å²) in [6.07, 6.45) is 1.39. The zero-order valence-electron chi connectivity index (χ0n) is 11.6. The summed E-state index contributed by atoms with van der Waals surface area (Å²) in [5.41, 5.74) is -0.0727. The minimum Gasteiger partial charge on any atom is -0.393 e. The minimum absolute atomic E-state index is 0.0506. The fourth-order valence-corrected chi connectivity index (χ4v) is 3.39. The van der Waals surface area contributed by atoms with Gasteiger partial charge in [-0.05, 0) is 38.0 Å². The molecule has 1 N–H and O–H groups in total. The summed E-state index contributed by atoms with van der Waals surface area (Å²) in [7, 11) is 0. The molecule has 0 amide bonds. The van der Waals surface area contributed by atoms with Crippen molar-refractivity contribution in [3.05, 3.63) is 0 Å². The molecule has 1 aliphatic carbocycles. The molecule has 2 fully saturated rings. The van der Waals surface area contributed by atoms with E-state index in [1.54, 1.807) is 0 Å². The van der Waals surface area contributed by atoms with E-state index in [1.165, 1.54) is 0 Å². The van der Waals surface area contributed by atoms with Gasteiger partial charge in [0.2, 0.25) is 0 Å². The number of alkyl halides is 3. The van der Waals surface area contributed by atoms with E-state index < -0.39 is 18.9 Å². The van der Waals surface area contributed by atoms with Gasteiger partial charge in [0.15, 0.2) is 0 Å². The lowest BCUT2D eigenvalue weighted by Crippen LogP contribution is -2.41. The Kier molecular flexibility index (Phi) is 5.31. The molecule has 2 atom stereocenters. The normalized spacial score (nSPS) is 27.9. The lowest BCUT2D eigenvalue weighted by Gasteiger charge is -2.40. The summed E-state index contributed by atoms with van der Waals surface area (Å²) in [6, 6.07) is 0. The SMILES string of the molecule is OC(CCOCC(F)(F)F)C1CCOC2(CCCC2)C1. The fourth-order valence-electron chi connectivity index (χ4n) is 3.39. The molecule has 0 aromatic carbocycles. The first-order valence-electron chi connectivity index (χ1n) is 7.37. The summed E-state index contributed by atoms with van der Waals surface area (Å²) in [4.78, 5) is 0. The van der Waals surface area contributed by atoms with Gasteiger partial charge in [-0.15, -0.1) is 0 Å². The highest BCUT2D eigenvalue weighted by atomic mass is 19.4. The Morgan fingerprint density at radius 1 is 1.30 bits per heavy atom. The van der Waals surface area contributed by atoms with Crippen LogP contribution in [0.15, 0.2) is 0 Å². The van der Waals surface area contributed by atoms with Gasteiger partial charge in [0.25, 0.3) is 0 Å². The molecule has 20 heavy (non-hydrogen) atoms. The van der Waals surface area contributed by atoms with Gasteiger partial charge >= 0.3 is 6.18 Å². The summed E-state index contributed by atoms with van der Waals surface area (Å²) in [5, 5.41) is 10.1. The van der Waals surface area contributed by atoms with E-state index >= 15 is 0 Å². The van der Waals surface area contributed by atoms with Crippen LogP contribution in [0.3, 0.4) is 0 Å². The molecule has 1 saturated carbocycles. The second-order valence-corrected chi connectivity index (χ2v) is 6.02. The largest absolute Gasteiger partial charge is 0.411 e. The molecule has 1 saturated heterocycles. The highest BCUT2D eigenvalue weighted by molar-refractivity contribution is 4.92. The minimum atomic E-state index is -4.29. The average Bonchev–Trinajstić information content (AvgIpc) is 2.81. The third kappa shape index (κ3) is 4.60. The van der Waals surface area contributed by atoms with Gasteiger partial charge in [-0.1, -0.05) is 12.8 Å². The van der Waals surface area contributed by atoms with E-state index in [-0.39, 0.29) is 24.5 Å². The first-order chi connectivity index (χ1) is 9.40. The van der Waals surface area contributed by atoms with Crippen LogP contribution >= 0.6 is 0 Å². The van der Waals surface area contributed by atoms with Crippen LogP contribution in [0.1, 0.15) is 44.9 Å². The molecule has 3 nitrogen and oxygen atoms in total. The Labute approximate surface area is 117 Å². The Balaban J connectivity index is 1.70. The van der Waals surface area contributed by atoms with Crippen LogP contribution in [0.2, 0.25) is 0 Å². The predicted molar refractivity (Wildman–Crippen MR) is 67.4 cm³/mol. The first kappa shape index (κ1) is 16.0. The van der Waals surface area contributed by atoms with E-state index in [1.807, 2.05) is 0 Å². The van der Waals surface area contributed by atoms with Crippen LogP contribution in [-0.2, 0) is 9.47 Å². The van der Waals surface area contributed by atoms with Crippen molar-refractivity contribution in [3.63, 3.8) is 0 Å². The van der Waals surface area contributed by atoms with Crippen molar-refractivity contribution in [2.75, 3.05) is 19.8 Å². The van der Waals surface area contributed by atoms with Crippen molar-refractivity contribution in [1.29, 1.82) is 0 Å². The quantitative estimate of drug-likeness (QED) is 0.793. The Hall–Kier alpha value is -0.330. The molecule has 6 heteroatoms. The van der Waals surface area contributed by atoms with Gasteiger partial charge in [0.05, 0.1) is 11.7 Å². The van der Waals surface area contributed by atoms with Crippen LogP contribution in [0.4, 0.5) is 13.2 Å². The fraction of sp³-hybridized carbons (Fsp3) is 1.00. The lowest BCUT2D eigenvalue weighted by molar-refractivity contribution is -0.176. The van der Waals surface area contributed by atoms with Gasteiger partial charge in [-0.2, -0.15) is 13.2 Å². The molecule has 118 valence electrons. The van der Waals surface area contributed by atoms with Crippen LogP contribution in [0, 0.1) is 5.92 Å². The molecule has 1 heterocycles. The van der Waals surface area contributed by atoms with Crippen molar-refractivity contribution in [2.24, 2.45) is 5.92 Å². The molecule has 1 aliphatic heterocycles. The van der Waals surface area contributed by atoms with Crippen molar-refractivity contribution in [2.45, 2.75) is 62.8 Å². The second kappa shape index (κ2) is 6.62. The summed E-state index contributed by atoms with van der Waals surface area (Å²) < 4.78 is 46.2. The Morgan fingerprint density at radius 3 is 2.65 bits per heavy atom. The highest BCUT2D eigenvalue weighted by Gasteiger charge is 2.41. The van der Waals surface area contributed by atoms with E-state index in [0.717, 1.165) is 38.5 Å². The van der Waals surface area contributed by atoms with Crippen molar-refractivity contribution < 1.29 is 27.8 Å². The molecule has 2 unspecified atom stereocenters. The smallest absolute Gasteiger partial charge is 0.393 e. The number of rotatable bonds is 5. The topological polar surface area (TPSA) is 38.7 Å². The Bertz CT molecular complexity index is 301. The van der Waals surface area contributed by atoms with Crippen LogP contribution in [-0.4, -0.2) is 42.8 Å². The van der Waals surface area contributed by atoms with Crippen molar-refractivity contribution >= 4 is 0 Å². The zero-order chi connectivity index (χ0) is 14.6. The molecular weight excluding hydrogens is 273 g/mol. The molecular formula is C14H23F3O3. The average molecular weight is 296 g/mol. The van der Waals surface area contributed by atoms with Crippen LogP contribution < -0.4 is 0 Å². The lowest BCUT2D eigenvalue weighted by atomic mass is 9.81. The molecule has 0 bridgehead atoms. The number of halogens is 3. The van der Waals surface area contributed by atoms with Gasteiger partial charge in [-0.3, -0.25) is 0 Å². The van der Waals surface area contributed by atoms with E-state index in [4.69, 9.17) is 4.74 Å². The van der Waals surface area contributed by atoms with Gasteiger partial charge in [-0.25, -0.2) is 0 Å². The summed E-state index contributed by atoms with van der Waals surface area (Å²) in [6.45, 7) is -0.645. The summed E-state index contributed by atoms with van der Waals surface area (Å²) >= 11 is 0.